The fourth-order valence-corrected chi connectivity index (χ4v) is 1.90. The number of rotatable bonds is 4. The lowest BCUT2D eigenvalue weighted by molar-refractivity contribution is -0.131. The largest absolute Gasteiger partial charge is 0.341 e. The molecule has 2 rings (SSSR count). The Morgan fingerprint density at radius 1 is 1.39 bits per heavy atom. The van der Waals surface area contributed by atoms with Crippen molar-refractivity contribution in [3.63, 3.8) is 0 Å². The summed E-state index contributed by atoms with van der Waals surface area (Å²) in [4.78, 5) is 13.4. The molecule has 0 bridgehead atoms. The second kappa shape index (κ2) is 5.44. The Balaban J connectivity index is 1.90. The molecule has 1 aromatic carbocycles. The molecule has 1 heterocycles. The van der Waals surface area contributed by atoms with E-state index in [2.05, 4.69) is 5.32 Å². The average Bonchev–Trinajstić information content (AvgIpc) is 2.28. The highest BCUT2D eigenvalue weighted by atomic mass is 19.2. The molecule has 98 valence electrons. The zero-order chi connectivity index (χ0) is 13.1. The van der Waals surface area contributed by atoms with E-state index in [1.165, 1.54) is 6.07 Å². The molecule has 1 saturated heterocycles. The lowest BCUT2D eigenvalue weighted by Gasteiger charge is -2.28. The summed E-state index contributed by atoms with van der Waals surface area (Å²) in [5.74, 6) is -1.30. The summed E-state index contributed by atoms with van der Waals surface area (Å²) in [7, 11) is 1.68. The SMILES string of the molecule is CN(Cc1ccc(F)c(F)c1)C(=O)CC1CNC1. The molecule has 0 spiro atoms. The van der Waals surface area contributed by atoms with Crippen LogP contribution in [0.3, 0.4) is 0 Å². The minimum absolute atomic E-state index is 0.0335. The molecule has 0 unspecified atom stereocenters. The average molecular weight is 254 g/mol. The summed E-state index contributed by atoms with van der Waals surface area (Å²) in [6.07, 6.45) is 0.507. The second-order valence-corrected chi connectivity index (χ2v) is 4.73. The zero-order valence-electron chi connectivity index (χ0n) is 10.2. The molecule has 0 radical (unpaired) electrons. The monoisotopic (exact) mass is 254 g/mol. The van der Waals surface area contributed by atoms with Crippen LogP contribution in [0, 0.1) is 17.6 Å². The third kappa shape index (κ3) is 3.04. The molecule has 0 saturated carbocycles. The summed E-state index contributed by atoms with van der Waals surface area (Å²) in [5.41, 5.74) is 0.594. The van der Waals surface area contributed by atoms with Gasteiger partial charge in [0.05, 0.1) is 0 Å². The summed E-state index contributed by atoms with van der Waals surface area (Å²) < 4.78 is 25.8. The van der Waals surface area contributed by atoms with Gasteiger partial charge in [-0.2, -0.15) is 0 Å². The molecule has 18 heavy (non-hydrogen) atoms. The van der Waals surface area contributed by atoms with E-state index >= 15 is 0 Å². The first-order valence-corrected chi connectivity index (χ1v) is 5.95. The normalized spacial score (nSPS) is 15.3. The van der Waals surface area contributed by atoms with E-state index < -0.39 is 11.6 Å². The first-order valence-electron chi connectivity index (χ1n) is 5.95. The predicted octanol–water partition coefficient (Wildman–Crippen LogP) is 1.53. The van der Waals surface area contributed by atoms with Gasteiger partial charge >= 0.3 is 0 Å². The van der Waals surface area contributed by atoms with Crippen molar-refractivity contribution in [1.82, 2.24) is 10.2 Å². The van der Waals surface area contributed by atoms with Gasteiger partial charge in [0.2, 0.25) is 5.91 Å². The smallest absolute Gasteiger partial charge is 0.222 e. The van der Waals surface area contributed by atoms with Crippen molar-refractivity contribution in [3.05, 3.63) is 35.4 Å². The van der Waals surface area contributed by atoms with Crippen LogP contribution in [-0.4, -0.2) is 30.9 Å². The van der Waals surface area contributed by atoms with Crippen molar-refractivity contribution in [3.8, 4) is 0 Å². The minimum atomic E-state index is -0.878. The Morgan fingerprint density at radius 3 is 2.67 bits per heavy atom. The lowest BCUT2D eigenvalue weighted by atomic mass is 9.99. The molecule has 1 amide bonds. The standard InChI is InChI=1S/C13H16F2N2O/c1-17(13(18)5-10-6-16-7-10)8-9-2-3-11(14)12(15)4-9/h2-4,10,16H,5-8H2,1H3. The van der Waals surface area contributed by atoms with E-state index in [9.17, 15) is 13.6 Å². The lowest BCUT2D eigenvalue weighted by Crippen LogP contribution is -2.44. The summed E-state index contributed by atoms with van der Waals surface area (Å²) in [6, 6.07) is 3.70. The van der Waals surface area contributed by atoms with E-state index in [0.717, 1.165) is 25.2 Å². The van der Waals surface area contributed by atoms with E-state index in [4.69, 9.17) is 0 Å². The summed E-state index contributed by atoms with van der Waals surface area (Å²) in [6.45, 7) is 2.06. The molecule has 3 nitrogen and oxygen atoms in total. The maximum absolute atomic E-state index is 13.0. The molecule has 1 N–H and O–H groups in total. The molecule has 1 aliphatic heterocycles. The van der Waals surface area contributed by atoms with E-state index in [1.807, 2.05) is 0 Å². The number of carbonyl (C=O) groups is 1. The molecule has 0 aliphatic carbocycles. The Labute approximate surface area is 105 Å². The molecule has 1 aromatic rings. The number of hydrogen-bond acceptors (Lipinski definition) is 2. The van der Waals surface area contributed by atoms with Gasteiger partial charge in [-0.15, -0.1) is 0 Å². The van der Waals surface area contributed by atoms with Gasteiger partial charge in [0.1, 0.15) is 0 Å². The number of amides is 1. The van der Waals surface area contributed by atoms with Gasteiger partial charge in [-0.25, -0.2) is 8.78 Å². The Kier molecular flexibility index (Phi) is 3.91. The van der Waals surface area contributed by atoms with E-state index in [1.54, 1.807) is 11.9 Å². The van der Waals surface area contributed by atoms with Gasteiger partial charge < -0.3 is 10.2 Å². The van der Waals surface area contributed by atoms with E-state index in [-0.39, 0.29) is 5.91 Å². The summed E-state index contributed by atoms with van der Waals surface area (Å²) >= 11 is 0. The van der Waals surface area contributed by atoms with Gasteiger partial charge in [-0.3, -0.25) is 4.79 Å². The number of nitrogens with one attached hydrogen (secondary N) is 1. The highest BCUT2D eigenvalue weighted by Gasteiger charge is 2.22. The van der Waals surface area contributed by atoms with E-state index in [0.29, 0.717) is 24.4 Å². The van der Waals surface area contributed by atoms with Crippen LogP contribution in [0.2, 0.25) is 0 Å². The fourth-order valence-electron chi connectivity index (χ4n) is 1.90. The van der Waals surface area contributed by atoms with Crippen LogP contribution >= 0.6 is 0 Å². The predicted molar refractivity (Wildman–Crippen MR) is 63.8 cm³/mol. The third-order valence-electron chi connectivity index (χ3n) is 3.16. The quantitative estimate of drug-likeness (QED) is 0.883. The van der Waals surface area contributed by atoms with Gasteiger partial charge in [0.25, 0.3) is 0 Å². The molecule has 0 aromatic heterocycles. The van der Waals surface area contributed by atoms with Crippen LogP contribution in [0.1, 0.15) is 12.0 Å². The molecular formula is C13H16F2N2O. The fraction of sp³-hybridized carbons (Fsp3) is 0.462. The Bertz CT molecular complexity index is 447. The summed E-state index contributed by atoms with van der Waals surface area (Å²) in [5, 5.41) is 3.11. The second-order valence-electron chi connectivity index (χ2n) is 4.73. The number of nitrogens with zero attached hydrogens (tertiary/aromatic N) is 1. The van der Waals surface area contributed by atoms with Crippen molar-refractivity contribution in [2.75, 3.05) is 20.1 Å². The number of benzene rings is 1. The van der Waals surface area contributed by atoms with Crippen LogP contribution in [0.15, 0.2) is 18.2 Å². The number of carbonyl (C=O) groups excluding carboxylic acids is 1. The van der Waals surface area contributed by atoms with Crippen molar-refractivity contribution in [2.24, 2.45) is 5.92 Å². The van der Waals surface area contributed by atoms with Crippen LogP contribution in [-0.2, 0) is 11.3 Å². The topological polar surface area (TPSA) is 32.3 Å². The van der Waals surface area contributed by atoms with Gasteiger partial charge in [-0.05, 0) is 36.7 Å². The highest BCUT2D eigenvalue weighted by Crippen LogP contribution is 2.13. The number of hydrogen-bond donors (Lipinski definition) is 1. The van der Waals surface area contributed by atoms with Crippen LogP contribution in [0.25, 0.3) is 0 Å². The highest BCUT2D eigenvalue weighted by molar-refractivity contribution is 5.76. The van der Waals surface area contributed by atoms with Crippen molar-refractivity contribution >= 4 is 5.91 Å². The van der Waals surface area contributed by atoms with Crippen LogP contribution in [0.5, 0.6) is 0 Å². The van der Waals surface area contributed by atoms with Gasteiger partial charge in [-0.1, -0.05) is 6.07 Å². The molecular weight excluding hydrogens is 238 g/mol. The molecule has 1 fully saturated rings. The maximum atomic E-state index is 13.0. The van der Waals surface area contributed by atoms with Crippen molar-refractivity contribution < 1.29 is 13.6 Å². The third-order valence-corrected chi connectivity index (χ3v) is 3.16. The van der Waals surface area contributed by atoms with Gasteiger partial charge in [0, 0.05) is 20.0 Å². The molecule has 5 heteroatoms. The Hall–Kier alpha value is -1.49. The zero-order valence-corrected chi connectivity index (χ0v) is 10.2. The molecule has 1 aliphatic rings. The van der Waals surface area contributed by atoms with Gasteiger partial charge in [0.15, 0.2) is 11.6 Å². The first kappa shape index (κ1) is 13.0. The van der Waals surface area contributed by atoms with Crippen molar-refractivity contribution in [2.45, 2.75) is 13.0 Å². The number of halogens is 2. The first-order chi connectivity index (χ1) is 8.56. The van der Waals surface area contributed by atoms with Crippen molar-refractivity contribution in [1.29, 1.82) is 0 Å². The van der Waals surface area contributed by atoms with Crippen LogP contribution in [0.4, 0.5) is 8.78 Å². The van der Waals surface area contributed by atoms with Crippen LogP contribution < -0.4 is 5.32 Å². The molecule has 0 atom stereocenters. The maximum Gasteiger partial charge on any atom is 0.222 e. The minimum Gasteiger partial charge on any atom is -0.341 e. The Morgan fingerprint density at radius 2 is 2.11 bits per heavy atom.